The van der Waals surface area contributed by atoms with Gasteiger partial charge < -0.3 is 4.90 Å². The molecule has 0 radical (unpaired) electrons. The van der Waals surface area contributed by atoms with Gasteiger partial charge in [0.25, 0.3) is 5.91 Å². The fraction of sp³-hybridized carbons (Fsp3) is 0.462. The second-order valence-corrected chi connectivity index (χ2v) is 6.97. The highest BCUT2D eigenvalue weighted by Crippen LogP contribution is 2.31. The van der Waals surface area contributed by atoms with E-state index in [-0.39, 0.29) is 16.6 Å². The number of primary sulfonamides is 1. The van der Waals surface area contributed by atoms with Crippen molar-refractivity contribution >= 4 is 27.5 Å². The summed E-state index contributed by atoms with van der Waals surface area (Å²) in [6, 6.07) is 1.88. The van der Waals surface area contributed by atoms with Crippen LogP contribution in [0.15, 0.2) is 17.0 Å². The number of halogens is 2. The Morgan fingerprint density at radius 2 is 2.10 bits per heavy atom. The lowest BCUT2D eigenvalue weighted by Crippen LogP contribution is -2.34. The summed E-state index contributed by atoms with van der Waals surface area (Å²) in [5, 5.41) is 4.83. The van der Waals surface area contributed by atoms with Crippen LogP contribution in [-0.2, 0) is 10.0 Å². The summed E-state index contributed by atoms with van der Waals surface area (Å²) in [6.45, 7) is 2.48. The molecule has 1 saturated carbocycles. The van der Waals surface area contributed by atoms with Crippen LogP contribution in [0.1, 0.15) is 36.5 Å². The molecule has 1 aromatic carbocycles. The van der Waals surface area contributed by atoms with Crippen LogP contribution < -0.4 is 5.14 Å². The molecule has 116 valence electrons. The molecular formula is C13H16ClFN2O3S. The lowest BCUT2D eigenvalue weighted by molar-refractivity contribution is 0.0743. The molecule has 0 aromatic heterocycles. The Bertz CT molecular complexity index is 674. The van der Waals surface area contributed by atoms with Gasteiger partial charge in [0.1, 0.15) is 10.7 Å². The molecule has 0 atom stereocenters. The van der Waals surface area contributed by atoms with Crippen molar-refractivity contribution in [1.29, 1.82) is 0 Å². The number of hydrogen-bond acceptors (Lipinski definition) is 3. The molecular weight excluding hydrogens is 319 g/mol. The molecule has 0 bridgehead atoms. The van der Waals surface area contributed by atoms with E-state index in [9.17, 15) is 17.6 Å². The van der Waals surface area contributed by atoms with Crippen LogP contribution in [0.5, 0.6) is 0 Å². The molecule has 0 unspecified atom stereocenters. The monoisotopic (exact) mass is 334 g/mol. The molecule has 1 aliphatic carbocycles. The topological polar surface area (TPSA) is 80.5 Å². The van der Waals surface area contributed by atoms with E-state index in [0.717, 1.165) is 31.4 Å². The molecule has 1 aromatic rings. The van der Waals surface area contributed by atoms with Crippen molar-refractivity contribution in [3.63, 3.8) is 0 Å². The molecule has 2 N–H and O–H groups in total. The van der Waals surface area contributed by atoms with Gasteiger partial charge in [0.2, 0.25) is 10.0 Å². The number of nitrogens with two attached hydrogens (primary N) is 1. The molecule has 2 rings (SSSR count). The van der Waals surface area contributed by atoms with Crippen molar-refractivity contribution < 1.29 is 17.6 Å². The van der Waals surface area contributed by atoms with Gasteiger partial charge in [-0.3, -0.25) is 4.79 Å². The highest BCUT2D eigenvalue weighted by Gasteiger charge is 2.34. The molecule has 0 aliphatic heterocycles. The van der Waals surface area contributed by atoms with E-state index in [2.05, 4.69) is 0 Å². The summed E-state index contributed by atoms with van der Waals surface area (Å²) in [6.07, 6.45) is 2.59. The average Bonchev–Trinajstić information content (AvgIpc) is 3.17. The first-order chi connectivity index (χ1) is 9.75. The number of carbonyl (C=O) groups excluding carboxylic acids is 1. The Kier molecular flexibility index (Phi) is 4.55. The van der Waals surface area contributed by atoms with E-state index in [4.69, 9.17) is 16.7 Å². The average molecular weight is 335 g/mol. The molecule has 1 aliphatic rings. The van der Waals surface area contributed by atoms with Crippen LogP contribution in [0.3, 0.4) is 0 Å². The first kappa shape index (κ1) is 16.2. The highest BCUT2D eigenvalue weighted by atomic mass is 35.5. The van der Waals surface area contributed by atoms with Crippen LogP contribution in [-0.4, -0.2) is 31.8 Å². The minimum atomic E-state index is -4.25. The number of rotatable bonds is 5. The van der Waals surface area contributed by atoms with E-state index < -0.39 is 26.6 Å². The number of carbonyl (C=O) groups is 1. The Morgan fingerprint density at radius 1 is 1.48 bits per heavy atom. The van der Waals surface area contributed by atoms with Crippen LogP contribution in [0, 0.1) is 5.82 Å². The highest BCUT2D eigenvalue weighted by molar-refractivity contribution is 7.89. The van der Waals surface area contributed by atoms with Crippen molar-refractivity contribution in [1.82, 2.24) is 4.90 Å². The minimum absolute atomic E-state index is 0.0394. The zero-order chi connectivity index (χ0) is 15.8. The Morgan fingerprint density at radius 3 is 2.57 bits per heavy atom. The second-order valence-electron chi connectivity index (χ2n) is 5.04. The molecule has 0 spiro atoms. The van der Waals surface area contributed by atoms with Crippen LogP contribution in [0.25, 0.3) is 0 Å². The molecule has 0 saturated heterocycles. The predicted molar refractivity (Wildman–Crippen MR) is 77.1 cm³/mol. The second kappa shape index (κ2) is 5.90. The largest absolute Gasteiger partial charge is 0.336 e. The third kappa shape index (κ3) is 3.53. The number of sulfonamides is 1. The fourth-order valence-corrected chi connectivity index (χ4v) is 2.99. The number of amides is 1. The number of benzene rings is 1. The van der Waals surface area contributed by atoms with E-state index in [1.807, 2.05) is 6.92 Å². The first-order valence-corrected chi connectivity index (χ1v) is 8.51. The maximum absolute atomic E-state index is 13.6. The minimum Gasteiger partial charge on any atom is -0.336 e. The third-order valence-electron chi connectivity index (χ3n) is 3.27. The molecule has 21 heavy (non-hydrogen) atoms. The van der Waals surface area contributed by atoms with Crippen molar-refractivity contribution in [2.75, 3.05) is 6.54 Å². The van der Waals surface area contributed by atoms with Crippen molar-refractivity contribution in [3.8, 4) is 0 Å². The third-order valence-corrected chi connectivity index (χ3v) is 4.51. The standard InChI is InChI=1S/C13H16ClFN2O3S/c1-2-5-17(8-3-4-8)13(18)9-6-12(21(16,19)20)11(15)7-10(9)14/h6-8H,2-5H2,1H3,(H2,16,19,20). The Labute approximate surface area is 127 Å². The molecule has 8 heteroatoms. The molecule has 5 nitrogen and oxygen atoms in total. The quantitative estimate of drug-likeness (QED) is 0.895. The van der Waals surface area contributed by atoms with Gasteiger partial charge in [-0.1, -0.05) is 18.5 Å². The number of hydrogen-bond donors (Lipinski definition) is 1. The van der Waals surface area contributed by atoms with Gasteiger partial charge >= 0.3 is 0 Å². The summed E-state index contributed by atoms with van der Waals surface area (Å²) in [7, 11) is -4.25. The van der Waals surface area contributed by atoms with Crippen molar-refractivity contribution in [3.05, 3.63) is 28.5 Å². The zero-order valence-electron chi connectivity index (χ0n) is 11.5. The maximum Gasteiger partial charge on any atom is 0.255 e. The maximum atomic E-state index is 13.6. The van der Waals surface area contributed by atoms with Gasteiger partial charge in [-0.05, 0) is 31.4 Å². The van der Waals surface area contributed by atoms with E-state index in [1.54, 1.807) is 4.90 Å². The Balaban J connectivity index is 2.45. The van der Waals surface area contributed by atoms with E-state index in [0.29, 0.717) is 6.54 Å². The van der Waals surface area contributed by atoms with Gasteiger partial charge in [-0.15, -0.1) is 0 Å². The van der Waals surface area contributed by atoms with E-state index in [1.165, 1.54) is 0 Å². The van der Waals surface area contributed by atoms with Crippen LogP contribution >= 0.6 is 11.6 Å². The SMILES string of the molecule is CCCN(C(=O)c1cc(S(N)(=O)=O)c(F)cc1Cl)C1CC1. The number of nitrogens with zero attached hydrogens (tertiary/aromatic N) is 1. The lowest BCUT2D eigenvalue weighted by atomic mass is 10.2. The zero-order valence-corrected chi connectivity index (χ0v) is 13.0. The fourth-order valence-electron chi connectivity index (χ4n) is 2.14. The lowest BCUT2D eigenvalue weighted by Gasteiger charge is -2.22. The van der Waals surface area contributed by atoms with Gasteiger partial charge in [-0.2, -0.15) is 0 Å². The summed E-state index contributed by atoms with van der Waals surface area (Å²) < 4.78 is 36.3. The summed E-state index contributed by atoms with van der Waals surface area (Å²) in [4.78, 5) is 13.4. The summed E-state index contributed by atoms with van der Waals surface area (Å²) >= 11 is 5.89. The first-order valence-electron chi connectivity index (χ1n) is 6.58. The van der Waals surface area contributed by atoms with Crippen molar-refractivity contribution in [2.45, 2.75) is 37.1 Å². The molecule has 1 fully saturated rings. The van der Waals surface area contributed by atoms with Crippen molar-refractivity contribution in [2.24, 2.45) is 5.14 Å². The van der Waals surface area contributed by atoms with Gasteiger partial charge in [0, 0.05) is 12.6 Å². The van der Waals surface area contributed by atoms with Gasteiger partial charge in [0.15, 0.2) is 0 Å². The van der Waals surface area contributed by atoms with Gasteiger partial charge in [0.05, 0.1) is 10.6 Å². The van der Waals surface area contributed by atoms with Gasteiger partial charge in [-0.25, -0.2) is 17.9 Å². The smallest absolute Gasteiger partial charge is 0.255 e. The van der Waals surface area contributed by atoms with Crippen LogP contribution in [0.2, 0.25) is 5.02 Å². The molecule has 1 amide bonds. The predicted octanol–water partition coefficient (Wildman–Crippen LogP) is 2.14. The van der Waals surface area contributed by atoms with E-state index >= 15 is 0 Å². The van der Waals surface area contributed by atoms with Crippen LogP contribution in [0.4, 0.5) is 4.39 Å². The Hall–Kier alpha value is -1.18. The summed E-state index contributed by atoms with van der Waals surface area (Å²) in [5.74, 6) is -1.46. The molecule has 0 heterocycles. The summed E-state index contributed by atoms with van der Waals surface area (Å²) in [5.41, 5.74) is -0.0394. The normalized spacial score (nSPS) is 15.0.